The molecule has 1 aromatic heterocycles. The zero-order valence-corrected chi connectivity index (χ0v) is 20.7. The fraction of sp³-hybridized carbons (Fsp3) is 0.238. The van der Waals surface area contributed by atoms with Crippen molar-refractivity contribution in [2.45, 2.75) is 17.9 Å². The number of aromatic nitrogens is 1. The molecule has 164 valence electrons. The van der Waals surface area contributed by atoms with E-state index < -0.39 is 21.6 Å². The lowest BCUT2D eigenvalue weighted by atomic mass is 10.1. The van der Waals surface area contributed by atoms with Gasteiger partial charge in [-0.05, 0) is 65.4 Å². The predicted molar refractivity (Wildman–Crippen MR) is 127 cm³/mol. The van der Waals surface area contributed by atoms with Crippen molar-refractivity contribution in [2.24, 2.45) is 7.05 Å². The van der Waals surface area contributed by atoms with Gasteiger partial charge in [-0.3, -0.25) is 9.59 Å². The molecule has 0 aliphatic carbocycles. The molecule has 0 saturated heterocycles. The first-order valence-electron chi connectivity index (χ1n) is 9.18. The Hall–Kier alpha value is -2.11. The summed E-state index contributed by atoms with van der Waals surface area (Å²) in [6.07, 6.45) is 0. The van der Waals surface area contributed by atoms with Crippen molar-refractivity contribution >= 4 is 66.8 Å². The number of nitrogens with one attached hydrogen (secondary N) is 1. The lowest BCUT2D eigenvalue weighted by molar-refractivity contribution is -0.137. The number of carbonyl (C=O) groups is 2. The van der Waals surface area contributed by atoms with E-state index in [4.69, 9.17) is 11.6 Å². The van der Waals surface area contributed by atoms with Gasteiger partial charge in [0.05, 0.1) is 28.6 Å². The number of ether oxygens (including phenoxy) is 1. The first-order chi connectivity index (χ1) is 14.5. The molecule has 0 bridgehead atoms. The van der Waals surface area contributed by atoms with E-state index >= 15 is 0 Å². The van der Waals surface area contributed by atoms with Gasteiger partial charge in [0.15, 0.2) is 15.6 Å². The molecule has 0 fully saturated rings. The zero-order chi connectivity index (χ0) is 22.9. The van der Waals surface area contributed by atoms with Crippen LogP contribution in [0.1, 0.15) is 29.0 Å². The normalized spacial score (nSPS) is 12.5. The molecule has 1 unspecified atom stereocenters. The van der Waals surface area contributed by atoms with Crippen LogP contribution in [0.3, 0.4) is 0 Å². The van der Waals surface area contributed by atoms with Crippen molar-refractivity contribution in [3.8, 4) is 0 Å². The second-order valence-corrected chi connectivity index (χ2v) is 10.7. The molecule has 0 spiro atoms. The third kappa shape index (κ3) is 5.04. The Kier molecular flexibility index (Phi) is 6.97. The number of aryl methyl sites for hydroxylation is 1. The summed E-state index contributed by atoms with van der Waals surface area (Å²) >= 11 is 8.49. The summed E-state index contributed by atoms with van der Waals surface area (Å²) in [5, 5.41) is 4.29. The SMILES string of the molecule is COC(=O)CS(=O)(=O)c1ccc(C(C)NC(=O)c2cc3c(Cl)cc(I)cc3n2C)cc1. The highest BCUT2D eigenvalue weighted by Crippen LogP contribution is 2.29. The molecular weight excluding hydrogens is 555 g/mol. The van der Waals surface area contributed by atoms with Gasteiger partial charge >= 0.3 is 5.97 Å². The number of methoxy groups -OCH3 is 1. The lowest BCUT2D eigenvalue weighted by Crippen LogP contribution is -2.28. The number of sulfone groups is 1. The molecule has 1 heterocycles. The molecule has 1 atom stereocenters. The molecule has 10 heteroatoms. The van der Waals surface area contributed by atoms with Crippen LogP contribution in [0, 0.1) is 3.57 Å². The number of hydrogen-bond acceptors (Lipinski definition) is 5. The maximum atomic E-state index is 12.9. The van der Waals surface area contributed by atoms with Crippen molar-refractivity contribution < 1.29 is 22.7 Å². The first kappa shape index (κ1) is 23.6. The molecule has 0 saturated carbocycles. The number of hydrogen-bond donors (Lipinski definition) is 1. The number of rotatable bonds is 6. The van der Waals surface area contributed by atoms with Crippen molar-refractivity contribution in [3.05, 3.63) is 62.3 Å². The molecule has 2 aromatic carbocycles. The summed E-state index contributed by atoms with van der Waals surface area (Å²) in [7, 11) is -0.851. The van der Waals surface area contributed by atoms with Crippen LogP contribution >= 0.6 is 34.2 Å². The Morgan fingerprint density at radius 2 is 1.84 bits per heavy atom. The smallest absolute Gasteiger partial charge is 0.321 e. The monoisotopic (exact) mass is 574 g/mol. The quantitative estimate of drug-likeness (QED) is 0.356. The largest absolute Gasteiger partial charge is 0.468 e. The Balaban J connectivity index is 1.79. The Bertz CT molecular complexity index is 1270. The maximum Gasteiger partial charge on any atom is 0.321 e. The van der Waals surface area contributed by atoms with Gasteiger partial charge < -0.3 is 14.6 Å². The Morgan fingerprint density at radius 1 is 1.19 bits per heavy atom. The van der Waals surface area contributed by atoms with E-state index in [0.29, 0.717) is 10.7 Å². The number of carbonyl (C=O) groups excluding carboxylic acids is 2. The fourth-order valence-electron chi connectivity index (χ4n) is 3.19. The predicted octanol–water partition coefficient (Wildman–Crippen LogP) is 3.87. The van der Waals surface area contributed by atoms with E-state index in [-0.39, 0.29) is 16.8 Å². The minimum Gasteiger partial charge on any atom is -0.468 e. The summed E-state index contributed by atoms with van der Waals surface area (Å²) in [6, 6.07) is 11.2. The van der Waals surface area contributed by atoms with Gasteiger partial charge in [0, 0.05) is 16.0 Å². The third-order valence-corrected chi connectivity index (χ3v) is 7.47. The van der Waals surface area contributed by atoms with Crippen molar-refractivity contribution in [3.63, 3.8) is 0 Å². The van der Waals surface area contributed by atoms with E-state index in [2.05, 4.69) is 32.6 Å². The van der Waals surface area contributed by atoms with E-state index in [0.717, 1.165) is 27.1 Å². The molecule has 1 N–H and O–H groups in total. The summed E-state index contributed by atoms with van der Waals surface area (Å²) in [5.74, 6) is -1.83. The standard InChI is InChI=1S/C21H20ClIN2O5S/c1-12(13-4-6-15(7-5-13)31(28,29)11-20(26)30-3)24-21(27)19-10-16-17(22)8-14(23)9-18(16)25(19)2/h4-10,12H,11H2,1-3H3,(H,24,27). The Labute approximate surface area is 198 Å². The number of benzene rings is 2. The molecule has 31 heavy (non-hydrogen) atoms. The molecule has 0 radical (unpaired) electrons. The summed E-state index contributed by atoms with van der Waals surface area (Å²) < 4.78 is 31.7. The van der Waals surface area contributed by atoms with Gasteiger partial charge in [0.1, 0.15) is 5.69 Å². The van der Waals surface area contributed by atoms with Gasteiger partial charge in [-0.15, -0.1) is 0 Å². The molecule has 1 amide bonds. The number of nitrogens with zero attached hydrogens (tertiary/aromatic N) is 1. The van der Waals surface area contributed by atoms with Crippen LogP contribution in [0.4, 0.5) is 0 Å². The van der Waals surface area contributed by atoms with Crippen molar-refractivity contribution in [2.75, 3.05) is 12.9 Å². The average Bonchev–Trinajstić information content (AvgIpc) is 3.04. The molecule has 3 rings (SSSR count). The minimum absolute atomic E-state index is 0.0121. The first-order valence-corrected chi connectivity index (χ1v) is 12.3. The van der Waals surface area contributed by atoms with Crippen LogP contribution < -0.4 is 5.32 Å². The third-order valence-electron chi connectivity index (χ3n) is 4.93. The average molecular weight is 575 g/mol. The zero-order valence-electron chi connectivity index (χ0n) is 17.0. The highest BCUT2D eigenvalue weighted by molar-refractivity contribution is 14.1. The molecule has 7 nitrogen and oxygen atoms in total. The van der Waals surface area contributed by atoms with Crippen LogP contribution in [-0.2, 0) is 26.4 Å². The highest BCUT2D eigenvalue weighted by Gasteiger charge is 2.21. The van der Waals surface area contributed by atoms with Crippen LogP contribution in [-0.4, -0.2) is 37.7 Å². The van der Waals surface area contributed by atoms with Gasteiger partial charge in [-0.1, -0.05) is 23.7 Å². The van der Waals surface area contributed by atoms with Gasteiger partial charge in [-0.2, -0.15) is 0 Å². The van der Waals surface area contributed by atoms with Gasteiger partial charge in [0.2, 0.25) is 0 Å². The number of fused-ring (bicyclic) bond motifs is 1. The van der Waals surface area contributed by atoms with Crippen LogP contribution in [0.25, 0.3) is 10.9 Å². The van der Waals surface area contributed by atoms with Crippen molar-refractivity contribution in [1.29, 1.82) is 0 Å². The van der Waals surface area contributed by atoms with Crippen LogP contribution in [0.15, 0.2) is 47.4 Å². The summed E-state index contributed by atoms with van der Waals surface area (Å²) in [4.78, 5) is 24.2. The minimum atomic E-state index is -3.79. The second kappa shape index (κ2) is 9.17. The highest BCUT2D eigenvalue weighted by atomic mass is 127. The van der Waals surface area contributed by atoms with Crippen LogP contribution in [0.5, 0.6) is 0 Å². The number of amides is 1. The number of halogens is 2. The van der Waals surface area contributed by atoms with Gasteiger partial charge in [0.25, 0.3) is 5.91 Å². The molecule has 0 aliphatic heterocycles. The summed E-state index contributed by atoms with van der Waals surface area (Å²) in [5.41, 5.74) is 2.04. The van der Waals surface area contributed by atoms with E-state index in [1.807, 2.05) is 12.1 Å². The maximum absolute atomic E-state index is 12.9. The van der Waals surface area contributed by atoms with Crippen molar-refractivity contribution in [1.82, 2.24) is 9.88 Å². The fourth-order valence-corrected chi connectivity index (χ4v) is 5.39. The van der Waals surface area contributed by atoms with Gasteiger partial charge in [-0.25, -0.2) is 8.42 Å². The topological polar surface area (TPSA) is 94.5 Å². The Morgan fingerprint density at radius 3 is 2.45 bits per heavy atom. The molecule has 0 aliphatic rings. The van der Waals surface area contributed by atoms with E-state index in [1.165, 1.54) is 12.1 Å². The summed E-state index contributed by atoms with van der Waals surface area (Å²) in [6.45, 7) is 1.80. The second-order valence-electron chi connectivity index (χ2n) is 7.01. The molecular formula is C21H20ClIN2O5S. The van der Waals surface area contributed by atoms with Crippen LogP contribution in [0.2, 0.25) is 5.02 Å². The van der Waals surface area contributed by atoms with E-state index in [1.54, 1.807) is 36.7 Å². The molecule has 3 aromatic rings. The van der Waals surface area contributed by atoms with E-state index in [9.17, 15) is 18.0 Å². The lowest BCUT2D eigenvalue weighted by Gasteiger charge is -2.15. The number of esters is 1.